The molecule has 3 heterocycles. The van der Waals surface area contributed by atoms with Gasteiger partial charge in [0.25, 0.3) is 0 Å². The number of imidazole rings is 1. The predicted molar refractivity (Wildman–Crippen MR) is 73.1 cm³/mol. The van der Waals surface area contributed by atoms with Crippen molar-refractivity contribution in [3.8, 4) is 0 Å². The van der Waals surface area contributed by atoms with Crippen molar-refractivity contribution in [3.63, 3.8) is 0 Å². The van der Waals surface area contributed by atoms with Crippen molar-refractivity contribution in [2.45, 2.75) is 31.9 Å². The molecule has 106 valence electrons. The number of hydrogen-bond donors (Lipinski definition) is 1. The number of rotatable bonds is 4. The molecular formula is C13H14ClN3O3. The van der Waals surface area contributed by atoms with Gasteiger partial charge in [0, 0.05) is 6.61 Å². The van der Waals surface area contributed by atoms with Gasteiger partial charge in [0.2, 0.25) is 0 Å². The summed E-state index contributed by atoms with van der Waals surface area (Å²) in [4.78, 5) is 19.9. The molecule has 1 N–H and O–H groups in total. The number of pyridine rings is 1. The highest BCUT2D eigenvalue weighted by molar-refractivity contribution is 6.16. The lowest BCUT2D eigenvalue weighted by Crippen LogP contribution is -2.31. The van der Waals surface area contributed by atoms with Crippen molar-refractivity contribution in [1.29, 1.82) is 0 Å². The van der Waals surface area contributed by atoms with Gasteiger partial charge >= 0.3 is 5.97 Å². The molecule has 1 saturated heterocycles. The summed E-state index contributed by atoms with van der Waals surface area (Å²) in [5, 5.41) is 9.18. The van der Waals surface area contributed by atoms with E-state index in [4.69, 9.17) is 16.3 Å². The number of ether oxygens (including phenoxy) is 1. The van der Waals surface area contributed by atoms with E-state index in [1.807, 2.05) is 4.57 Å². The molecule has 0 bridgehead atoms. The monoisotopic (exact) mass is 295 g/mol. The van der Waals surface area contributed by atoms with Gasteiger partial charge in [-0.1, -0.05) is 0 Å². The zero-order valence-corrected chi connectivity index (χ0v) is 11.7. The van der Waals surface area contributed by atoms with Crippen LogP contribution in [0, 0.1) is 6.92 Å². The normalized spacial score (nSPS) is 18.2. The number of aromatic nitrogens is 3. The van der Waals surface area contributed by atoms with Crippen LogP contribution in [0.25, 0.3) is 11.2 Å². The first-order chi connectivity index (χ1) is 9.60. The summed E-state index contributed by atoms with van der Waals surface area (Å²) >= 11 is 5.92. The van der Waals surface area contributed by atoms with Crippen molar-refractivity contribution in [2.24, 2.45) is 0 Å². The quantitative estimate of drug-likeness (QED) is 0.873. The fourth-order valence-corrected chi connectivity index (χ4v) is 2.54. The predicted octanol–water partition coefficient (Wildman–Crippen LogP) is 1.97. The lowest BCUT2D eigenvalue weighted by molar-refractivity contribution is -0.0590. The van der Waals surface area contributed by atoms with Gasteiger partial charge in [0.1, 0.15) is 11.3 Å². The fourth-order valence-electron chi connectivity index (χ4n) is 2.33. The van der Waals surface area contributed by atoms with Gasteiger partial charge in [0.05, 0.1) is 18.5 Å². The second kappa shape index (κ2) is 5.03. The van der Waals surface area contributed by atoms with Crippen molar-refractivity contribution in [1.82, 2.24) is 14.5 Å². The Bertz CT molecular complexity index is 679. The smallest absolute Gasteiger partial charge is 0.354 e. The Morgan fingerprint density at radius 1 is 1.60 bits per heavy atom. The van der Waals surface area contributed by atoms with Gasteiger partial charge in [-0.15, -0.1) is 11.6 Å². The van der Waals surface area contributed by atoms with Crippen LogP contribution in [0.5, 0.6) is 0 Å². The number of carbonyl (C=O) groups is 1. The summed E-state index contributed by atoms with van der Waals surface area (Å²) < 4.78 is 7.28. The molecular weight excluding hydrogens is 282 g/mol. The van der Waals surface area contributed by atoms with Crippen LogP contribution in [0.4, 0.5) is 0 Å². The van der Waals surface area contributed by atoms with Crippen LogP contribution in [0.3, 0.4) is 0 Å². The summed E-state index contributed by atoms with van der Waals surface area (Å²) in [5.41, 5.74) is 1.87. The molecule has 3 rings (SSSR count). The minimum absolute atomic E-state index is 0.0503. The van der Waals surface area contributed by atoms with Crippen LogP contribution in [0.15, 0.2) is 6.07 Å². The lowest BCUT2D eigenvalue weighted by Gasteiger charge is -2.27. The maximum Gasteiger partial charge on any atom is 0.354 e. The second-order valence-electron chi connectivity index (χ2n) is 4.86. The Kier molecular flexibility index (Phi) is 3.35. The van der Waals surface area contributed by atoms with Crippen LogP contribution in [-0.2, 0) is 17.2 Å². The second-order valence-corrected chi connectivity index (χ2v) is 5.12. The van der Waals surface area contributed by atoms with Crippen molar-refractivity contribution < 1.29 is 14.6 Å². The molecule has 20 heavy (non-hydrogen) atoms. The van der Waals surface area contributed by atoms with Crippen LogP contribution >= 0.6 is 11.6 Å². The Morgan fingerprint density at radius 2 is 2.35 bits per heavy atom. The standard InChI is InChI=1S/C13H14ClN3O3/c1-7-4-9-12(16-11(7)13(18)19)17(10(5-14)15-9)6-8-2-3-20-8/h4,8H,2-3,5-6H2,1H3,(H,18,19)/t8-/m0/s1. The molecule has 1 fully saturated rings. The number of aryl methyl sites for hydroxylation is 1. The molecule has 0 saturated carbocycles. The number of hydrogen-bond acceptors (Lipinski definition) is 4. The number of alkyl halides is 1. The van der Waals surface area contributed by atoms with Gasteiger partial charge in [-0.25, -0.2) is 14.8 Å². The molecule has 6 nitrogen and oxygen atoms in total. The van der Waals surface area contributed by atoms with E-state index in [1.165, 1.54) is 0 Å². The summed E-state index contributed by atoms with van der Waals surface area (Å²) in [6.07, 6.45) is 1.12. The molecule has 0 spiro atoms. The van der Waals surface area contributed by atoms with Gasteiger partial charge in [-0.05, 0) is 25.0 Å². The van der Waals surface area contributed by atoms with E-state index in [9.17, 15) is 9.90 Å². The molecule has 1 aliphatic rings. The van der Waals surface area contributed by atoms with Crippen molar-refractivity contribution in [2.75, 3.05) is 6.61 Å². The Morgan fingerprint density at radius 3 is 2.90 bits per heavy atom. The van der Waals surface area contributed by atoms with E-state index in [2.05, 4.69) is 9.97 Å². The Balaban J connectivity index is 2.13. The summed E-state index contributed by atoms with van der Waals surface area (Å²) in [6, 6.07) is 1.74. The van der Waals surface area contributed by atoms with Crippen LogP contribution in [-0.4, -0.2) is 38.3 Å². The SMILES string of the molecule is Cc1cc2nc(CCl)n(C[C@@H]3CCO3)c2nc1C(=O)O. The van der Waals surface area contributed by atoms with Crippen LogP contribution in [0.2, 0.25) is 0 Å². The molecule has 0 aliphatic carbocycles. The van der Waals surface area contributed by atoms with E-state index in [1.54, 1.807) is 13.0 Å². The van der Waals surface area contributed by atoms with E-state index in [0.717, 1.165) is 13.0 Å². The molecule has 1 atom stereocenters. The minimum Gasteiger partial charge on any atom is -0.477 e. The summed E-state index contributed by atoms with van der Waals surface area (Å²) in [6.45, 7) is 3.08. The lowest BCUT2D eigenvalue weighted by atomic mass is 10.2. The number of carboxylic acid groups (broad SMARTS) is 1. The first-order valence-corrected chi connectivity index (χ1v) is 6.91. The molecule has 7 heteroatoms. The van der Waals surface area contributed by atoms with E-state index in [-0.39, 0.29) is 17.7 Å². The number of aromatic carboxylic acids is 1. The Labute approximate surface area is 120 Å². The Hall–Kier alpha value is -1.66. The zero-order valence-electron chi connectivity index (χ0n) is 11.0. The summed E-state index contributed by atoms with van der Waals surface area (Å²) in [5.74, 6) is -0.0964. The maximum absolute atomic E-state index is 11.2. The number of halogens is 1. The third-order valence-electron chi connectivity index (χ3n) is 3.49. The van der Waals surface area contributed by atoms with Gasteiger partial charge in [0.15, 0.2) is 11.3 Å². The molecule has 0 unspecified atom stereocenters. The first-order valence-electron chi connectivity index (χ1n) is 6.37. The maximum atomic E-state index is 11.2. The number of carboxylic acids is 1. The van der Waals surface area contributed by atoms with Gasteiger partial charge < -0.3 is 14.4 Å². The van der Waals surface area contributed by atoms with Crippen LogP contribution < -0.4 is 0 Å². The largest absolute Gasteiger partial charge is 0.477 e. The first kappa shape index (κ1) is 13.3. The third kappa shape index (κ3) is 2.14. The van der Waals surface area contributed by atoms with Gasteiger partial charge in [-0.2, -0.15) is 0 Å². The van der Waals surface area contributed by atoms with Crippen LogP contribution in [0.1, 0.15) is 28.3 Å². The minimum atomic E-state index is -1.04. The third-order valence-corrected chi connectivity index (χ3v) is 3.73. The number of fused-ring (bicyclic) bond motifs is 1. The number of nitrogens with zero attached hydrogens (tertiary/aromatic N) is 3. The van der Waals surface area contributed by atoms with E-state index < -0.39 is 5.97 Å². The molecule has 1 aliphatic heterocycles. The highest BCUT2D eigenvalue weighted by Gasteiger charge is 2.23. The highest BCUT2D eigenvalue weighted by atomic mass is 35.5. The molecule has 0 aromatic carbocycles. The highest BCUT2D eigenvalue weighted by Crippen LogP contribution is 2.22. The summed E-state index contributed by atoms with van der Waals surface area (Å²) in [7, 11) is 0. The van der Waals surface area contributed by atoms with Crippen molar-refractivity contribution in [3.05, 3.63) is 23.1 Å². The van der Waals surface area contributed by atoms with E-state index in [0.29, 0.717) is 29.1 Å². The van der Waals surface area contributed by atoms with E-state index >= 15 is 0 Å². The average molecular weight is 296 g/mol. The van der Waals surface area contributed by atoms with Gasteiger partial charge in [-0.3, -0.25) is 0 Å². The topological polar surface area (TPSA) is 77.2 Å². The zero-order chi connectivity index (χ0) is 14.3. The fraction of sp³-hybridized carbons (Fsp3) is 0.462. The molecule has 2 aromatic heterocycles. The molecule has 2 aromatic rings. The van der Waals surface area contributed by atoms with Crippen molar-refractivity contribution >= 4 is 28.7 Å². The average Bonchev–Trinajstić information content (AvgIpc) is 2.69. The molecule has 0 amide bonds. The molecule has 0 radical (unpaired) electrons.